The molecule has 22 nitrogen and oxygen atoms in total. The van der Waals surface area contributed by atoms with Gasteiger partial charge in [0.15, 0.2) is 0 Å². The van der Waals surface area contributed by atoms with E-state index in [9.17, 15) is 19.5 Å². The average molecular weight is 1250 g/mol. The highest BCUT2D eigenvalue weighted by atomic mass is 16.5. The van der Waals surface area contributed by atoms with Crippen molar-refractivity contribution in [2.24, 2.45) is 29.1 Å². The van der Waals surface area contributed by atoms with E-state index in [4.69, 9.17) is 23.9 Å². The number of aromatic nitrogens is 2. The number of aromatic hydroxyl groups is 1. The number of esters is 1. The molecule has 5 aromatic rings. The number of methoxy groups -OCH3 is 3. The summed E-state index contributed by atoms with van der Waals surface area (Å²) < 4.78 is 24.9. The second-order valence-corrected chi connectivity index (χ2v) is 26.5. The van der Waals surface area contributed by atoms with E-state index < -0.39 is 71.3 Å². The third kappa shape index (κ3) is 13.2. The number of hydrogen-bond donors (Lipinski definition) is 3. The van der Waals surface area contributed by atoms with Crippen LogP contribution in [0.5, 0.6) is 5.75 Å². The van der Waals surface area contributed by atoms with Gasteiger partial charge in [0.1, 0.15) is 23.9 Å². The summed E-state index contributed by atoms with van der Waals surface area (Å²) in [6, 6.07) is 18.5. The second-order valence-electron chi connectivity index (χ2n) is 26.5. The first-order valence-corrected chi connectivity index (χ1v) is 32.0. The fourth-order valence-electron chi connectivity index (χ4n) is 14.5. The van der Waals surface area contributed by atoms with Crippen LogP contribution in [0.4, 0.5) is 21.0 Å². The number of nitrogens with one attached hydrogen (secondary N) is 2. The molecule has 7 heterocycles. The van der Waals surface area contributed by atoms with Crippen LogP contribution in [-0.2, 0) is 57.5 Å². The lowest BCUT2D eigenvalue weighted by atomic mass is 9.84. The van der Waals surface area contributed by atoms with Crippen LogP contribution in [0.15, 0.2) is 85.6 Å². The van der Waals surface area contributed by atoms with E-state index in [1.165, 1.54) is 29.0 Å². The molecule has 2 aromatic heterocycles. The van der Waals surface area contributed by atoms with Gasteiger partial charge < -0.3 is 63.3 Å². The number of benzene rings is 3. The predicted octanol–water partition coefficient (Wildman–Crippen LogP) is 7.08. The number of pyridine rings is 1. The molecule has 11 rings (SSSR count). The highest BCUT2D eigenvalue weighted by molar-refractivity contribution is 5.97. The van der Waals surface area contributed by atoms with Gasteiger partial charge >= 0.3 is 18.2 Å². The zero-order chi connectivity index (χ0) is 64.7. The number of ether oxygens (including phenoxy) is 4. The zero-order valence-electron chi connectivity index (χ0n) is 54.3. The topological polar surface area (TPSA) is 224 Å². The van der Waals surface area contributed by atoms with Gasteiger partial charge in [-0.05, 0) is 116 Å². The Morgan fingerprint density at radius 1 is 0.868 bits per heavy atom. The molecule has 1 unspecified atom stereocenters. The molecule has 3 N–H and O–H groups in total. The molecule has 91 heavy (non-hydrogen) atoms. The van der Waals surface area contributed by atoms with Crippen LogP contribution in [0.2, 0.25) is 0 Å². The molecular weight excluding hydrogens is 1160 g/mol. The largest absolute Gasteiger partial charge is 0.508 e. The summed E-state index contributed by atoms with van der Waals surface area (Å²) in [5.41, 5.74) is 12.0. The fourth-order valence-corrected chi connectivity index (χ4v) is 14.5. The molecule has 5 amide bonds. The first-order valence-electron chi connectivity index (χ1n) is 32.0. The van der Waals surface area contributed by atoms with Gasteiger partial charge in [0, 0.05) is 139 Å². The normalized spacial score (nSPS) is 23.7. The lowest BCUT2D eigenvalue weighted by Crippen LogP contribution is -2.63. The number of piperazine rings is 2. The smallest absolute Gasteiger partial charge is 0.409 e. The molecule has 5 fully saturated rings. The van der Waals surface area contributed by atoms with Crippen molar-refractivity contribution in [1.82, 2.24) is 44.9 Å². The Labute approximate surface area is 533 Å². The SMILES string of the molecule is C=C[C@@H](C)[C@@H](C(=O)N[C@H]1Cc2cc(O)cc(c2)-c2ccc3c(c2)c(c(-c2cc(N4CCN(C(=O)OC)CC4)cnc2[C@H](C)OC)n3CC)CC(C)(C)COC(=O)[C@H]2NN(CC3C[C@@H]32)C1=O)N(C)C(=O)[C@@H]1CN(C(=O)OC)C[C@@H]1c1ccc(N2CCN(C)CC2)cc1. The van der Waals surface area contributed by atoms with Gasteiger partial charge in [-0.1, -0.05) is 51.1 Å². The Kier molecular flexibility index (Phi) is 18.8. The number of fused-ring (bicyclic) bond motifs is 8. The Bertz CT molecular complexity index is 3580. The minimum Gasteiger partial charge on any atom is -0.508 e. The molecule has 0 radical (unpaired) electrons. The number of cyclic esters (lactones) is 1. The number of phenolic OH excluding ortho intramolecular Hbond substituents is 1. The van der Waals surface area contributed by atoms with Crippen molar-refractivity contribution in [2.45, 2.75) is 90.6 Å². The van der Waals surface area contributed by atoms with E-state index in [1.807, 2.05) is 37.4 Å². The van der Waals surface area contributed by atoms with Crippen molar-refractivity contribution >= 4 is 58.2 Å². The Balaban J connectivity index is 0.953. The van der Waals surface area contributed by atoms with E-state index in [2.05, 4.69) is 94.7 Å². The maximum absolute atomic E-state index is 15.4. The van der Waals surface area contributed by atoms with Crippen LogP contribution in [0.25, 0.3) is 33.3 Å². The first-order chi connectivity index (χ1) is 43.6. The van der Waals surface area contributed by atoms with E-state index in [1.54, 1.807) is 44.2 Å². The number of likely N-dealkylation sites (tertiary alicyclic amines) is 1. The molecule has 1 aliphatic carbocycles. The van der Waals surface area contributed by atoms with Crippen molar-refractivity contribution in [3.05, 3.63) is 108 Å². The zero-order valence-corrected chi connectivity index (χ0v) is 54.3. The first kappa shape index (κ1) is 64.3. The van der Waals surface area contributed by atoms with Crippen LogP contribution in [0, 0.1) is 29.1 Å². The number of hydrazine groups is 1. The van der Waals surface area contributed by atoms with E-state index in [0.29, 0.717) is 56.7 Å². The summed E-state index contributed by atoms with van der Waals surface area (Å²) in [6.45, 7) is 21.1. The van der Waals surface area contributed by atoms with Crippen LogP contribution < -0.4 is 20.5 Å². The van der Waals surface area contributed by atoms with Crippen molar-refractivity contribution in [3.8, 4) is 28.1 Å². The fraction of sp³-hybridized carbons (Fsp3) is 0.522. The summed E-state index contributed by atoms with van der Waals surface area (Å²) in [4.78, 5) is 103. The quantitative estimate of drug-likeness (QED) is 0.0609. The number of carbonyl (C=O) groups is 6. The summed E-state index contributed by atoms with van der Waals surface area (Å²) >= 11 is 0. The molecule has 1 saturated carbocycles. The number of rotatable bonds is 13. The lowest BCUT2D eigenvalue weighted by Gasteiger charge is -2.37. The monoisotopic (exact) mass is 1250 g/mol. The van der Waals surface area contributed by atoms with E-state index in [0.717, 1.165) is 82.1 Å². The molecule has 0 spiro atoms. The highest BCUT2D eigenvalue weighted by Crippen LogP contribution is 2.47. The minimum absolute atomic E-state index is 0.00579. The van der Waals surface area contributed by atoms with Crippen molar-refractivity contribution in [3.63, 3.8) is 0 Å². The van der Waals surface area contributed by atoms with Crippen LogP contribution in [-0.4, -0.2) is 207 Å². The maximum Gasteiger partial charge on any atom is 0.409 e. The van der Waals surface area contributed by atoms with Gasteiger partial charge in [-0.3, -0.25) is 29.2 Å². The Morgan fingerprint density at radius 3 is 2.24 bits per heavy atom. The number of amides is 5. The van der Waals surface area contributed by atoms with Crippen LogP contribution in [0.1, 0.15) is 75.4 Å². The highest BCUT2D eigenvalue weighted by Gasteiger charge is 2.54. The van der Waals surface area contributed by atoms with Gasteiger partial charge in [-0.25, -0.2) is 15.0 Å². The predicted molar refractivity (Wildman–Crippen MR) is 346 cm³/mol. The van der Waals surface area contributed by atoms with Crippen LogP contribution >= 0.6 is 0 Å². The summed E-state index contributed by atoms with van der Waals surface area (Å²) in [6.07, 6.45) is 3.23. The number of hydrogen-bond acceptors (Lipinski definition) is 16. The van der Waals surface area contributed by atoms with Gasteiger partial charge in [-0.2, -0.15) is 0 Å². The lowest BCUT2D eigenvalue weighted by molar-refractivity contribution is -0.156. The minimum atomic E-state index is -1.27. The summed E-state index contributed by atoms with van der Waals surface area (Å²) in [5.74, 6) is -3.90. The third-order valence-electron chi connectivity index (χ3n) is 19.9. The van der Waals surface area contributed by atoms with Crippen molar-refractivity contribution in [2.75, 3.05) is 124 Å². The van der Waals surface area contributed by atoms with E-state index in [-0.39, 0.29) is 62.2 Å². The Morgan fingerprint density at radius 2 is 1.56 bits per heavy atom. The van der Waals surface area contributed by atoms with E-state index >= 15 is 14.4 Å². The Hall–Kier alpha value is -8.21. The average Bonchev–Trinajstić information content (AvgIpc) is 1.61. The van der Waals surface area contributed by atoms with Gasteiger partial charge in [0.2, 0.25) is 11.8 Å². The van der Waals surface area contributed by atoms with Crippen molar-refractivity contribution in [1.29, 1.82) is 0 Å². The maximum atomic E-state index is 15.4. The van der Waals surface area contributed by atoms with Crippen molar-refractivity contribution < 1.29 is 52.8 Å². The molecule has 22 heteroatoms. The molecular formula is C69H89N11O11. The van der Waals surface area contributed by atoms with Gasteiger partial charge in [-0.15, -0.1) is 6.58 Å². The number of carbonyl (C=O) groups excluding carboxylic acids is 6. The number of likely N-dealkylation sites (N-methyl/N-ethyl adjacent to an activating group) is 2. The molecule has 4 saturated heterocycles. The van der Waals surface area contributed by atoms with Crippen LogP contribution in [0.3, 0.4) is 0 Å². The number of nitrogens with zero attached hydrogens (tertiary/aromatic N) is 9. The molecule has 9 atom stereocenters. The second kappa shape index (κ2) is 26.6. The molecule has 6 aliphatic rings. The number of phenols is 1. The van der Waals surface area contributed by atoms with Gasteiger partial charge in [0.25, 0.3) is 5.91 Å². The third-order valence-corrected chi connectivity index (χ3v) is 19.9. The number of anilines is 2. The molecule has 5 aliphatic heterocycles. The standard InChI is InChI=1S/C69H89N11O11/c1-12-41(3)61(74(8)64(83)56-39-78(68(87)90-11)38-55(56)44-14-17-48(18-15-44)75-22-20-73(7)21-23-75)63(82)71-57-30-43-28-46(31-50(81)29-43)45-16-19-58-52(32-45)54(35-69(5,6)40-91-66(85)60-51-33-47(51)37-80(72-60)65(57)84)62(79(58)13-2)53-34-49(36-70-59(53)42(4)88-9)76-24-26-77(27-25-76)67(86)89-10/h12,14-19,28-29,31-32,34,36,41-42,47,51,55-57,60-61,72,81H,1,13,20-27,30,33,35,37-40H2,2-11H3,(H,71,82)/t41-,42+,47?,51+,55-,56-,57+,60+,61+/m1/s1. The molecule has 6 bridgehead atoms. The number of aryl methyl sites for hydroxylation is 1. The summed E-state index contributed by atoms with van der Waals surface area (Å²) in [7, 11) is 8.07. The van der Waals surface area contributed by atoms with Gasteiger partial charge in [0.05, 0.1) is 56.1 Å². The molecule has 486 valence electrons. The molecule has 3 aromatic carbocycles. The summed E-state index contributed by atoms with van der Waals surface area (Å²) in [5, 5.41) is 17.2.